The van der Waals surface area contributed by atoms with E-state index < -0.39 is 0 Å². The van der Waals surface area contributed by atoms with Crippen LogP contribution < -0.4 is 0 Å². The molecule has 0 fully saturated rings. The third-order valence-corrected chi connectivity index (χ3v) is 3.98. The molecule has 1 aromatic carbocycles. The van der Waals surface area contributed by atoms with E-state index in [0.29, 0.717) is 17.0 Å². The zero-order valence-electron chi connectivity index (χ0n) is 11.2. The highest BCUT2D eigenvalue weighted by Gasteiger charge is 2.19. The molecule has 100 valence electrons. The lowest BCUT2D eigenvalue weighted by atomic mass is 9.93. The van der Waals surface area contributed by atoms with Crippen LogP contribution in [-0.4, -0.2) is 10.8 Å². The number of carbonyl (C=O) groups is 1. The van der Waals surface area contributed by atoms with E-state index in [4.69, 9.17) is 11.6 Å². The smallest absolute Gasteiger partial charge is 0.171 e. The maximum absolute atomic E-state index is 12.2. The van der Waals surface area contributed by atoms with Gasteiger partial charge >= 0.3 is 0 Å². The lowest BCUT2D eigenvalue weighted by Gasteiger charge is -2.14. The Morgan fingerprint density at radius 3 is 2.58 bits per heavy atom. The number of halogens is 1. The molecule has 0 spiro atoms. The summed E-state index contributed by atoms with van der Waals surface area (Å²) in [7, 11) is 0. The Hall–Kier alpha value is -1.19. The molecule has 0 aliphatic carbocycles. The van der Waals surface area contributed by atoms with Gasteiger partial charge in [0.15, 0.2) is 5.78 Å². The molecule has 2 aromatic rings. The Morgan fingerprint density at radius 1 is 1.32 bits per heavy atom. The number of thiazole rings is 1. The Bertz CT molecular complexity index is 598. The molecule has 0 aliphatic rings. The highest BCUT2D eigenvalue weighted by atomic mass is 35.5. The number of benzene rings is 1. The summed E-state index contributed by atoms with van der Waals surface area (Å²) in [6.45, 7) is 6.34. The van der Waals surface area contributed by atoms with E-state index in [1.165, 1.54) is 11.3 Å². The minimum atomic E-state index is 0.0143. The lowest BCUT2D eigenvalue weighted by Crippen LogP contribution is -2.12. The molecule has 0 saturated heterocycles. The van der Waals surface area contributed by atoms with Crippen LogP contribution in [0, 0.1) is 0 Å². The summed E-state index contributed by atoms with van der Waals surface area (Å²) in [6, 6.07) is 7.13. The number of carbonyl (C=O) groups excluding carboxylic acids is 1. The van der Waals surface area contributed by atoms with Crippen molar-refractivity contribution in [1.29, 1.82) is 0 Å². The monoisotopic (exact) mass is 293 g/mol. The first-order chi connectivity index (χ1) is 8.88. The second-order valence-corrected chi connectivity index (χ2v) is 6.81. The first-order valence-corrected chi connectivity index (χ1v) is 7.36. The van der Waals surface area contributed by atoms with E-state index in [2.05, 4.69) is 25.8 Å². The third kappa shape index (κ3) is 3.43. The molecule has 2 rings (SSSR count). The molecule has 0 bridgehead atoms. The molecule has 0 aliphatic heterocycles. The SMILES string of the molecule is CC(C)(C)c1csc(CC(=O)c2ccccc2Cl)n1. The summed E-state index contributed by atoms with van der Waals surface area (Å²) < 4.78 is 0. The van der Waals surface area contributed by atoms with E-state index in [1.807, 2.05) is 17.5 Å². The molecule has 4 heteroatoms. The number of nitrogens with zero attached hydrogens (tertiary/aromatic N) is 1. The topological polar surface area (TPSA) is 30.0 Å². The number of rotatable bonds is 3. The quantitative estimate of drug-likeness (QED) is 0.779. The Morgan fingerprint density at radius 2 is 2.00 bits per heavy atom. The average Bonchev–Trinajstić information content (AvgIpc) is 2.77. The number of Topliss-reactive ketones (excluding diaryl/α,β-unsaturated/α-hetero) is 1. The molecule has 0 amide bonds. The molecule has 0 atom stereocenters. The summed E-state index contributed by atoms with van der Waals surface area (Å²) in [4.78, 5) is 16.7. The van der Waals surface area contributed by atoms with Crippen molar-refractivity contribution >= 4 is 28.7 Å². The minimum Gasteiger partial charge on any atom is -0.294 e. The molecule has 19 heavy (non-hydrogen) atoms. The predicted molar refractivity (Wildman–Crippen MR) is 80.3 cm³/mol. The van der Waals surface area contributed by atoms with Crippen LogP contribution in [0.4, 0.5) is 0 Å². The van der Waals surface area contributed by atoms with Gasteiger partial charge in [-0.25, -0.2) is 4.98 Å². The first-order valence-electron chi connectivity index (χ1n) is 6.10. The fraction of sp³-hybridized carbons (Fsp3) is 0.333. The summed E-state index contributed by atoms with van der Waals surface area (Å²) in [5.41, 5.74) is 1.61. The molecule has 0 saturated carbocycles. The Labute approximate surface area is 122 Å². The summed E-state index contributed by atoms with van der Waals surface area (Å²) in [6.07, 6.45) is 0.310. The molecule has 2 nitrogen and oxygen atoms in total. The molecular formula is C15H16ClNOS. The minimum absolute atomic E-state index is 0.0143. The fourth-order valence-electron chi connectivity index (χ4n) is 1.66. The summed E-state index contributed by atoms with van der Waals surface area (Å²) in [5, 5.41) is 3.37. The van der Waals surface area contributed by atoms with E-state index in [-0.39, 0.29) is 11.2 Å². The van der Waals surface area contributed by atoms with Crippen LogP contribution in [-0.2, 0) is 11.8 Å². The van der Waals surface area contributed by atoms with E-state index in [0.717, 1.165) is 10.7 Å². The van der Waals surface area contributed by atoms with E-state index >= 15 is 0 Å². The van der Waals surface area contributed by atoms with Crippen LogP contribution in [0.1, 0.15) is 41.8 Å². The van der Waals surface area contributed by atoms with Gasteiger partial charge in [-0.15, -0.1) is 11.3 Å². The van der Waals surface area contributed by atoms with E-state index in [1.54, 1.807) is 12.1 Å². The maximum atomic E-state index is 12.2. The van der Waals surface area contributed by atoms with Crippen molar-refractivity contribution in [3.05, 3.63) is 50.9 Å². The summed E-state index contributed by atoms with van der Waals surface area (Å²) in [5.74, 6) is 0.0143. The van der Waals surface area contributed by atoms with Gasteiger partial charge in [-0.2, -0.15) is 0 Å². The van der Waals surface area contributed by atoms with Crippen LogP contribution in [0.2, 0.25) is 5.02 Å². The normalized spacial score (nSPS) is 11.6. The average molecular weight is 294 g/mol. The van der Waals surface area contributed by atoms with Gasteiger partial charge in [0.2, 0.25) is 0 Å². The van der Waals surface area contributed by atoms with Crippen molar-refractivity contribution in [2.75, 3.05) is 0 Å². The van der Waals surface area contributed by atoms with Crippen molar-refractivity contribution in [1.82, 2.24) is 4.98 Å². The summed E-state index contributed by atoms with van der Waals surface area (Å²) >= 11 is 7.56. The van der Waals surface area contributed by atoms with Gasteiger partial charge in [0.25, 0.3) is 0 Å². The van der Waals surface area contributed by atoms with Crippen LogP contribution in [0.15, 0.2) is 29.6 Å². The number of hydrogen-bond acceptors (Lipinski definition) is 3. The van der Waals surface area contributed by atoms with Crippen LogP contribution in [0.25, 0.3) is 0 Å². The Balaban J connectivity index is 2.16. The standard InChI is InChI=1S/C15H16ClNOS/c1-15(2,3)13-9-19-14(17-13)8-12(18)10-6-4-5-7-11(10)16/h4-7,9H,8H2,1-3H3. The molecule has 0 N–H and O–H groups in total. The van der Waals surface area contributed by atoms with Crippen LogP contribution in [0.3, 0.4) is 0 Å². The van der Waals surface area contributed by atoms with Gasteiger partial charge in [0.1, 0.15) is 5.01 Å². The van der Waals surface area contributed by atoms with Gasteiger partial charge < -0.3 is 0 Å². The predicted octanol–water partition coefficient (Wildman–Crippen LogP) is 4.52. The van der Waals surface area contributed by atoms with Crippen LogP contribution in [0.5, 0.6) is 0 Å². The third-order valence-electron chi connectivity index (χ3n) is 2.81. The number of aromatic nitrogens is 1. The van der Waals surface area contributed by atoms with Crippen molar-refractivity contribution in [2.45, 2.75) is 32.6 Å². The van der Waals surface area contributed by atoms with Gasteiger partial charge in [-0.1, -0.05) is 44.5 Å². The van der Waals surface area contributed by atoms with Gasteiger partial charge in [-0.3, -0.25) is 4.79 Å². The highest BCUT2D eigenvalue weighted by molar-refractivity contribution is 7.09. The number of hydrogen-bond donors (Lipinski definition) is 0. The molecule has 0 unspecified atom stereocenters. The second-order valence-electron chi connectivity index (χ2n) is 5.46. The molecular weight excluding hydrogens is 278 g/mol. The first kappa shape index (κ1) is 14.2. The van der Waals surface area contributed by atoms with Crippen molar-refractivity contribution in [2.24, 2.45) is 0 Å². The maximum Gasteiger partial charge on any atom is 0.171 e. The zero-order chi connectivity index (χ0) is 14.0. The van der Waals surface area contributed by atoms with Crippen molar-refractivity contribution < 1.29 is 4.79 Å². The molecule has 1 heterocycles. The van der Waals surface area contributed by atoms with Gasteiger partial charge in [0, 0.05) is 16.4 Å². The fourth-order valence-corrected chi connectivity index (χ4v) is 2.92. The molecule has 0 radical (unpaired) electrons. The largest absolute Gasteiger partial charge is 0.294 e. The zero-order valence-corrected chi connectivity index (χ0v) is 12.8. The van der Waals surface area contributed by atoms with Gasteiger partial charge in [-0.05, 0) is 12.1 Å². The van der Waals surface area contributed by atoms with Gasteiger partial charge in [0.05, 0.1) is 17.1 Å². The molecule has 1 aromatic heterocycles. The Kier molecular flexibility index (Phi) is 4.07. The van der Waals surface area contributed by atoms with Crippen molar-refractivity contribution in [3.63, 3.8) is 0 Å². The highest BCUT2D eigenvalue weighted by Crippen LogP contribution is 2.25. The second kappa shape index (κ2) is 5.43. The lowest BCUT2D eigenvalue weighted by molar-refractivity contribution is 0.0993. The van der Waals surface area contributed by atoms with Crippen molar-refractivity contribution in [3.8, 4) is 0 Å². The number of ketones is 1. The van der Waals surface area contributed by atoms with E-state index in [9.17, 15) is 4.79 Å². The van der Waals surface area contributed by atoms with Crippen LogP contribution >= 0.6 is 22.9 Å².